The molecule has 22 heavy (non-hydrogen) atoms. The van der Waals surface area contributed by atoms with E-state index in [0.29, 0.717) is 18.8 Å². The second-order valence-corrected chi connectivity index (χ2v) is 5.87. The number of carbonyl (C=O) groups is 1. The highest BCUT2D eigenvalue weighted by atomic mass is 35.5. The second kappa shape index (κ2) is 8.34. The number of likely N-dealkylation sites (tertiary alicyclic amines) is 1. The Balaban J connectivity index is 0.00000242. The zero-order chi connectivity index (χ0) is 15.4. The SMILES string of the molecule is CC(C)[C@H](N)C(=O)N1CCC(Oc2cccc(F)c2)CC1.Cl. The predicted octanol–water partition coefficient (Wildman–Crippen LogP) is 2.60. The van der Waals surface area contributed by atoms with Gasteiger partial charge in [0.05, 0.1) is 6.04 Å². The van der Waals surface area contributed by atoms with E-state index in [1.54, 1.807) is 17.0 Å². The summed E-state index contributed by atoms with van der Waals surface area (Å²) in [5.74, 6) is 0.384. The summed E-state index contributed by atoms with van der Waals surface area (Å²) in [6, 6.07) is 5.71. The monoisotopic (exact) mass is 330 g/mol. The summed E-state index contributed by atoms with van der Waals surface area (Å²) in [6.45, 7) is 5.17. The Hall–Kier alpha value is -1.33. The van der Waals surface area contributed by atoms with Crippen LogP contribution >= 0.6 is 12.4 Å². The zero-order valence-electron chi connectivity index (χ0n) is 13.0. The van der Waals surface area contributed by atoms with Crippen molar-refractivity contribution in [3.8, 4) is 5.75 Å². The van der Waals surface area contributed by atoms with E-state index in [2.05, 4.69) is 0 Å². The number of hydrogen-bond acceptors (Lipinski definition) is 3. The number of piperidine rings is 1. The van der Waals surface area contributed by atoms with Gasteiger partial charge in [-0.15, -0.1) is 12.4 Å². The fourth-order valence-electron chi connectivity index (χ4n) is 2.42. The standard InChI is InChI=1S/C16H23FN2O2.ClH/c1-11(2)15(18)16(20)19-8-6-13(7-9-19)21-14-5-3-4-12(17)10-14;/h3-5,10-11,13,15H,6-9,18H2,1-2H3;1H/t15-;/m0./s1. The highest BCUT2D eigenvalue weighted by Gasteiger charge is 2.28. The van der Waals surface area contributed by atoms with Crippen LogP contribution in [0.3, 0.4) is 0 Å². The molecule has 1 heterocycles. The maximum atomic E-state index is 13.1. The summed E-state index contributed by atoms with van der Waals surface area (Å²) in [5.41, 5.74) is 5.90. The van der Waals surface area contributed by atoms with Crippen LogP contribution in [0.5, 0.6) is 5.75 Å². The van der Waals surface area contributed by atoms with Gasteiger partial charge in [-0.2, -0.15) is 0 Å². The van der Waals surface area contributed by atoms with Gasteiger partial charge >= 0.3 is 0 Å². The van der Waals surface area contributed by atoms with Crippen molar-refractivity contribution >= 4 is 18.3 Å². The Morgan fingerprint density at radius 3 is 2.55 bits per heavy atom. The second-order valence-electron chi connectivity index (χ2n) is 5.87. The van der Waals surface area contributed by atoms with E-state index in [1.165, 1.54) is 12.1 Å². The lowest BCUT2D eigenvalue weighted by atomic mass is 10.0. The van der Waals surface area contributed by atoms with E-state index in [-0.39, 0.29) is 36.2 Å². The van der Waals surface area contributed by atoms with Crippen LogP contribution in [0.4, 0.5) is 4.39 Å². The molecule has 6 heteroatoms. The van der Waals surface area contributed by atoms with Gasteiger partial charge in [0.2, 0.25) is 5.91 Å². The molecule has 1 aliphatic heterocycles. The van der Waals surface area contributed by atoms with Crippen LogP contribution in [0, 0.1) is 11.7 Å². The van der Waals surface area contributed by atoms with E-state index in [9.17, 15) is 9.18 Å². The van der Waals surface area contributed by atoms with Crippen LogP contribution in [0.2, 0.25) is 0 Å². The molecule has 0 aromatic heterocycles. The van der Waals surface area contributed by atoms with Crippen molar-refractivity contribution in [3.63, 3.8) is 0 Å². The lowest BCUT2D eigenvalue weighted by molar-refractivity contribution is -0.135. The van der Waals surface area contributed by atoms with Crippen LogP contribution in [0.25, 0.3) is 0 Å². The first-order valence-electron chi connectivity index (χ1n) is 7.44. The van der Waals surface area contributed by atoms with Crippen molar-refractivity contribution in [2.45, 2.75) is 38.8 Å². The fraction of sp³-hybridized carbons (Fsp3) is 0.562. The normalized spacial score (nSPS) is 17.0. The van der Waals surface area contributed by atoms with Crippen LogP contribution in [0.15, 0.2) is 24.3 Å². The topological polar surface area (TPSA) is 55.6 Å². The molecule has 1 atom stereocenters. The van der Waals surface area contributed by atoms with Crippen LogP contribution in [-0.4, -0.2) is 36.0 Å². The first-order chi connectivity index (χ1) is 9.97. The molecule has 0 aliphatic carbocycles. The van der Waals surface area contributed by atoms with Crippen LogP contribution in [-0.2, 0) is 4.79 Å². The number of halogens is 2. The smallest absolute Gasteiger partial charge is 0.239 e. The van der Waals surface area contributed by atoms with Gasteiger partial charge in [-0.05, 0) is 18.1 Å². The van der Waals surface area contributed by atoms with Gasteiger partial charge in [-0.25, -0.2) is 4.39 Å². The molecule has 1 fully saturated rings. The molecule has 0 spiro atoms. The summed E-state index contributed by atoms with van der Waals surface area (Å²) >= 11 is 0. The molecule has 0 radical (unpaired) electrons. The van der Waals surface area contributed by atoms with E-state index in [4.69, 9.17) is 10.5 Å². The molecule has 2 N–H and O–H groups in total. The highest BCUT2D eigenvalue weighted by Crippen LogP contribution is 2.20. The zero-order valence-corrected chi connectivity index (χ0v) is 13.8. The molecule has 124 valence electrons. The van der Waals surface area contributed by atoms with Crippen LogP contribution < -0.4 is 10.5 Å². The molecule has 1 amide bonds. The van der Waals surface area contributed by atoms with Crippen molar-refractivity contribution in [2.75, 3.05) is 13.1 Å². The number of hydrogen-bond donors (Lipinski definition) is 1. The third-order valence-electron chi connectivity index (χ3n) is 3.86. The van der Waals surface area contributed by atoms with Crippen molar-refractivity contribution in [1.29, 1.82) is 0 Å². The van der Waals surface area contributed by atoms with E-state index in [0.717, 1.165) is 12.8 Å². The van der Waals surface area contributed by atoms with Crippen LogP contribution in [0.1, 0.15) is 26.7 Å². The lowest BCUT2D eigenvalue weighted by Crippen LogP contribution is -2.50. The minimum atomic E-state index is -0.439. The molecule has 1 saturated heterocycles. The minimum Gasteiger partial charge on any atom is -0.490 e. The van der Waals surface area contributed by atoms with Crippen molar-refractivity contribution in [1.82, 2.24) is 4.90 Å². The van der Waals surface area contributed by atoms with Crippen molar-refractivity contribution in [2.24, 2.45) is 11.7 Å². The number of rotatable bonds is 4. The summed E-state index contributed by atoms with van der Waals surface area (Å²) in [7, 11) is 0. The first-order valence-corrected chi connectivity index (χ1v) is 7.44. The molecule has 4 nitrogen and oxygen atoms in total. The maximum Gasteiger partial charge on any atom is 0.239 e. The van der Waals surface area contributed by atoms with Gasteiger partial charge in [-0.3, -0.25) is 4.79 Å². The lowest BCUT2D eigenvalue weighted by Gasteiger charge is -2.34. The summed E-state index contributed by atoms with van der Waals surface area (Å²) in [5, 5.41) is 0. The number of benzene rings is 1. The molecule has 0 unspecified atom stereocenters. The van der Waals surface area contributed by atoms with Gasteiger partial charge in [0.15, 0.2) is 0 Å². The average molecular weight is 331 g/mol. The maximum absolute atomic E-state index is 13.1. The molecule has 0 saturated carbocycles. The molecular weight excluding hydrogens is 307 g/mol. The number of amides is 1. The Labute approximate surface area is 137 Å². The van der Waals surface area contributed by atoms with Gasteiger partial charge in [0.1, 0.15) is 17.7 Å². The molecule has 1 aliphatic rings. The fourth-order valence-corrected chi connectivity index (χ4v) is 2.42. The van der Waals surface area contributed by atoms with E-state index >= 15 is 0 Å². The number of ether oxygens (including phenoxy) is 1. The predicted molar refractivity (Wildman–Crippen MR) is 86.7 cm³/mol. The molecule has 0 bridgehead atoms. The number of carbonyl (C=O) groups excluding carboxylic acids is 1. The Bertz CT molecular complexity index is 491. The van der Waals surface area contributed by atoms with E-state index in [1.807, 2.05) is 13.8 Å². The van der Waals surface area contributed by atoms with E-state index < -0.39 is 6.04 Å². The Morgan fingerprint density at radius 1 is 1.36 bits per heavy atom. The molecule has 2 rings (SSSR count). The molecule has 1 aromatic carbocycles. The Kier molecular flexibility index (Phi) is 7.10. The largest absolute Gasteiger partial charge is 0.490 e. The third-order valence-corrected chi connectivity index (χ3v) is 3.86. The summed E-state index contributed by atoms with van der Waals surface area (Å²) < 4.78 is 18.9. The summed E-state index contributed by atoms with van der Waals surface area (Å²) in [4.78, 5) is 14.0. The first kappa shape index (κ1) is 18.7. The summed E-state index contributed by atoms with van der Waals surface area (Å²) in [6.07, 6.45) is 1.51. The number of nitrogens with two attached hydrogens (primary N) is 1. The quantitative estimate of drug-likeness (QED) is 0.923. The highest BCUT2D eigenvalue weighted by molar-refractivity contribution is 5.85. The van der Waals surface area contributed by atoms with Crippen molar-refractivity contribution < 1.29 is 13.9 Å². The molecule has 1 aromatic rings. The van der Waals surface area contributed by atoms with Crippen molar-refractivity contribution in [3.05, 3.63) is 30.1 Å². The minimum absolute atomic E-state index is 0. The van der Waals surface area contributed by atoms with Gasteiger partial charge < -0.3 is 15.4 Å². The van der Waals surface area contributed by atoms with Gasteiger partial charge in [0, 0.05) is 32.0 Å². The Morgan fingerprint density at radius 2 is 2.00 bits per heavy atom. The third kappa shape index (κ3) is 4.85. The number of nitrogens with zero attached hydrogens (tertiary/aromatic N) is 1. The average Bonchev–Trinajstić information content (AvgIpc) is 2.46. The van der Waals surface area contributed by atoms with Gasteiger partial charge in [-0.1, -0.05) is 19.9 Å². The van der Waals surface area contributed by atoms with Gasteiger partial charge in [0.25, 0.3) is 0 Å². The molecular formula is C16H24ClFN2O2.